The fourth-order valence-electron chi connectivity index (χ4n) is 6.17. The number of nitrogens with zero attached hydrogens (tertiary/aromatic N) is 2. The number of aromatic nitrogens is 1. The van der Waals surface area contributed by atoms with Gasteiger partial charge in [-0.2, -0.15) is 0 Å². The van der Waals surface area contributed by atoms with Gasteiger partial charge in [0.05, 0.1) is 5.41 Å². The molecule has 2 aromatic rings. The lowest BCUT2D eigenvalue weighted by atomic mass is 9.79. The minimum Gasteiger partial charge on any atom is -0.330 e. The van der Waals surface area contributed by atoms with E-state index >= 15 is 0 Å². The van der Waals surface area contributed by atoms with Gasteiger partial charge in [-0.1, -0.05) is 26.0 Å². The van der Waals surface area contributed by atoms with Gasteiger partial charge in [-0.15, -0.1) is 0 Å². The Bertz CT molecular complexity index is 1220. The van der Waals surface area contributed by atoms with Crippen molar-refractivity contribution in [2.24, 2.45) is 11.3 Å². The fourth-order valence-corrected chi connectivity index (χ4v) is 6.17. The molecule has 2 aliphatic heterocycles. The smallest absolute Gasteiger partial charge is 0.244 e. The van der Waals surface area contributed by atoms with Crippen LogP contribution in [0.1, 0.15) is 56.2 Å². The Morgan fingerprint density at radius 2 is 1.94 bits per heavy atom. The SMILES string of the molecule is CC1(C)CC[C@@H](C2CC2)N(CC(=O)Nc2ccc3c(c2)C[C@@]2(C3)C(=O)Nc3ncccc32)C1=O. The van der Waals surface area contributed by atoms with Crippen molar-refractivity contribution in [3.05, 3.63) is 53.2 Å². The fraction of sp³-hybridized carbons (Fsp3) is 0.481. The first-order valence-electron chi connectivity index (χ1n) is 12.3. The lowest BCUT2D eigenvalue weighted by molar-refractivity contribution is -0.150. The van der Waals surface area contributed by atoms with Crippen LogP contribution in [0.3, 0.4) is 0 Å². The number of benzene rings is 1. The lowest BCUT2D eigenvalue weighted by Crippen LogP contribution is -2.54. The zero-order valence-electron chi connectivity index (χ0n) is 19.7. The number of piperidine rings is 1. The first-order chi connectivity index (χ1) is 16.3. The molecular formula is C27H30N4O3. The maximum absolute atomic E-state index is 13.1. The number of amides is 3. The third kappa shape index (κ3) is 3.32. The molecule has 1 saturated heterocycles. The van der Waals surface area contributed by atoms with Crippen molar-refractivity contribution < 1.29 is 14.4 Å². The van der Waals surface area contributed by atoms with Gasteiger partial charge in [-0.05, 0) is 73.8 Å². The highest BCUT2D eigenvalue weighted by molar-refractivity contribution is 6.06. The van der Waals surface area contributed by atoms with Crippen molar-refractivity contribution in [1.29, 1.82) is 0 Å². The monoisotopic (exact) mass is 458 g/mol. The maximum Gasteiger partial charge on any atom is 0.244 e. The molecule has 0 unspecified atom stereocenters. The molecule has 4 aliphatic rings. The molecule has 7 heteroatoms. The summed E-state index contributed by atoms with van der Waals surface area (Å²) in [6.45, 7) is 4.05. The van der Waals surface area contributed by atoms with E-state index in [0.29, 0.717) is 30.3 Å². The van der Waals surface area contributed by atoms with Gasteiger partial charge >= 0.3 is 0 Å². The number of likely N-dealkylation sites (tertiary alicyclic amines) is 1. The zero-order chi connectivity index (χ0) is 23.7. The number of pyridine rings is 1. The summed E-state index contributed by atoms with van der Waals surface area (Å²) in [5, 5.41) is 5.94. The van der Waals surface area contributed by atoms with E-state index in [-0.39, 0.29) is 30.3 Å². The van der Waals surface area contributed by atoms with Crippen LogP contribution in [0, 0.1) is 11.3 Å². The second kappa shape index (κ2) is 7.39. The summed E-state index contributed by atoms with van der Waals surface area (Å²) < 4.78 is 0. The minimum absolute atomic E-state index is 0.0136. The van der Waals surface area contributed by atoms with Crippen molar-refractivity contribution in [3.63, 3.8) is 0 Å². The Balaban J connectivity index is 1.19. The molecule has 2 aliphatic carbocycles. The molecule has 3 amide bonds. The summed E-state index contributed by atoms with van der Waals surface area (Å²) in [5.41, 5.74) is 2.79. The summed E-state index contributed by atoms with van der Waals surface area (Å²) in [6.07, 6.45) is 7.04. The molecule has 6 rings (SSSR count). The van der Waals surface area contributed by atoms with Gasteiger partial charge < -0.3 is 15.5 Å². The molecule has 0 bridgehead atoms. The molecule has 1 saturated carbocycles. The number of hydrogen-bond donors (Lipinski definition) is 2. The summed E-state index contributed by atoms with van der Waals surface area (Å²) in [5.74, 6) is 1.09. The summed E-state index contributed by atoms with van der Waals surface area (Å²) in [7, 11) is 0. The number of rotatable bonds is 4. The molecular weight excluding hydrogens is 428 g/mol. The van der Waals surface area contributed by atoms with E-state index in [2.05, 4.69) is 15.6 Å². The van der Waals surface area contributed by atoms with Crippen LogP contribution in [0.2, 0.25) is 0 Å². The van der Waals surface area contributed by atoms with Crippen LogP contribution in [-0.2, 0) is 32.6 Å². The second-order valence-corrected chi connectivity index (χ2v) is 11.1. The molecule has 3 heterocycles. The van der Waals surface area contributed by atoms with Crippen molar-refractivity contribution in [2.45, 2.75) is 63.8 Å². The average Bonchev–Trinajstić information content (AvgIpc) is 3.51. The van der Waals surface area contributed by atoms with Crippen LogP contribution in [0.25, 0.3) is 0 Å². The highest BCUT2D eigenvalue weighted by atomic mass is 16.2. The van der Waals surface area contributed by atoms with Gasteiger partial charge in [0.2, 0.25) is 17.7 Å². The Morgan fingerprint density at radius 3 is 2.74 bits per heavy atom. The molecule has 0 radical (unpaired) electrons. The van der Waals surface area contributed by atoms with E-state index in [1.165, 1.54) is 0 Å². The van der Waals surface area contributed by atoms with E-state index in [1.54, 1.807) is 6.20 Å². The number of anilines is 2. The highest BCUT2D eigenvalue weighted by Crippen LogP contribution is 2.47. The summed E-state index contributed by atoms with van der Waals surface area (Å²) in [4.78, 5) is 45.2. The topological polar surface area (TPSA) is 91.4 Å². The number of carbonyl (C=O) groups is 3. The average molecular weight is 459 g/mol. The Morgan fingerprint density at radius 1 is 1.15 bits per heavy atom. The molecule has 1 spiro atoms. The first kappa shape index (κ1) is 21.3. The normalized spacial score (nSPS) is 26.9. The van der Waals surface area contributed by atoms with Crippen molar-refractivity contribution in [3.8, 4) is 0 Å². The predicted octanol–water partition coefficient (Wildman–Crippen LogP) is 3.44. The summed E-state index contributed by atoms with van der Waals surface area (Å²) >= 11 is 0. The standard InChI is InChI=1S/C27H30N4O3/c1-26(2)10-9-21(16-5-6-16)31(25(26)34)15-22(32)29-19-8-7-17-13-27(14-18(17)12-19)20-4-3-11-28-23(20)30-24(27)33/h3-4,7-8,11-12,16,21H,5-6,9-10,13-15H2,1-2H3,(H,29,32)(H,28,30,33)/t21-,27+/m0/s1. The zero-order valence-corrected chi connectivity index (χ0v) is 19.7. The van der Waals surface area contributed by atoms with Crippen LogP contribution in [-0.4, -0.2) is 40.2 Å². The van der Waals surface area contributed by atoms with Crippen LogP contribution in [0.5, 0.6) is 0 Å². The van der Waals surface area contributed by atoms with Gasteiger partial charge in [-0.25, -0.2) is 4.98 Å². The molecule has 1 aromatic heterocycles. The van der Waals surface area contributed by atoms with Gasteiger partial charge in [-0.3, -0.25) is 14.4 Å². The Hall–Kier alpha value is -3.22. The number of carbonyl (C=O) groups excluding carboxylic acids is 3. The molecule has 2 fully saturated rings. The van der Waals surface area contributed by atoms with Crippen molar-refractivity contribution >= 4 is 29.2 Å². The van der Waals surface area contributed by atoms with Crippen LogP contribution in [0.15, 0.2) is 36.5 Å². The maximum atomic E-state index is 13.1. The van der Waals surface area contributed by atoms with E-state index in [9.17, 15) is 14.4 Å². The Labute approximate surface area is 199 Å². The third-order valence-electron chi connectivity index (χ3n) is 8.25. The molecule has 2 atom stereocenters. The molecule has 7 nitrogen and oxygen atoms in total. The van der Waals surface area contributed by atoms with E-state index in [4.69, 9.17) is 0 Å². The minimum atomic E-state index is -0.627. The molecule has 34 heavy (non-hydrogen) atoms. The lowest BCUT2D eigenvalue weighted by Gasteiger charge is -2.43. The van der Waals surface area contributed by atoms with E-state index in [1.807, 2.05) is 49.1 Å². The Kier molecular flexibility index (Phi) is 4.63. The quantitative estimate of drug-likeness (QED) is 0.734. The highest BCUT2D eigenvalue weighted by Gasteiger charge is 2.51. The summed E-state index contributed by atoms with van der Waals surface area (Å²) in [6, 6.07) is 9.90. The van der Waals surface area contributed by atoms with E-state index < -0.39 is 10.8 Å². The van der Waals surface area contributed by atoms with Gasteiger partial charge in [0.15, 0.2) is 0 Å². The van der Waals surface area contributed by atoms with Crippen LogP contribution in [0.4, 0.5) is 11.5 Å². The van der Waals surface area contributed by atoms with Crippen molar-refractivity contribution in [1.82, 2.24) is 9.88 Å². The van der Waals surface area contributed by atoms with Crippen LogP contribution < -0.4 is 10.6 Å². The van der Waals surface area contributed by atoms with Gasteiger partial charge in [0.1, 0.15) is 12.4 Å². The number of fused-ring (bicyclic) bond motifs is 3. The molecule has 2 N–H and O–H groups in total. The molecule has 1 aromatic carbocycles. The van der Waals surface area contributed by atoms with Gasteiger partial charge in [0, 0.05) is 28.9 Å². The molecule has 176 valence electrons. The van der Waals surface area contributed by atoms with E-state index in [0.717, 1.165) is 42.4 Å². The van der Waals surface area contributed by atoms with Crippen LogP contribution >= 0.6 is 0 Å². The van der Waals surface area contributed by atoms with Gasteiger partial charge in [0.25, 0.3) is 0 Å². The predicted molar refractivity (Wildman–Crippen MR) is 128 cm³/mol. The largest absolute Gasteiger partial charge is 0.330 e. The first-order valence-corrected chi connectivity index (χ1v) is 12.3. The number of nitrogens with one attached hydrogen (secondary N) is 2. The number of hydrogen-bond acceptors (Lipinski definition) is 4. The third-order valence-corrected chi connectivity index (χ3v) is 8.25. The second-order valence-electron chi connectivity index (χ2n) is 11.1. The van der Waals surface area contributed by atoms with Crippen molar-refractivity contribution in [2.75, 3.05) is 17.2 Å².